The molecule has 0 spiro atoms. The van der Waals surface area contributed by atoms with Crippen LogP contribution in [0, 0.1) is 6.92 Å². The predicted molar refractivity (Wildman–Crippen MR) is 52.0 cm³/mol. The molecular formula is C9H10N4O2. The summed E-state index contributed by atoms with van der Waals surface area (Å²) in [7, 11) is 0. The fraction of sp³-hybridized carbons (Fsp3) is 0.222. The number of ether oxygens (including phenoxy) is 1. The van der Waals surface area contributed by atoms with E-state index in [1.165, 1.54) is 0 Å². The molecule has 0 aliphatic rings. The molecule has 6 heteroatoms. The molecule has 2 aromatic heterocycles. The molecule has 2 N–H and O–H groups in total. The maximum Gasteiger partial charge on any atom is 0.166 e. The van der Waals surface area contributed by atoms with Crippen molar-refractivity contribution < 1.29 is 9.37 Å². The first-order valence-corrected chi connectivity index (χ1v) is 4.38. The zero-order valence-electron chi connectivity index (χ0n) is 8.17. The third-order valence-corrected chi connectivity index (χ3v) is 1.91. The zero-order valence-corrected chi connectivity index (χ0v) is 8.17. The van der Waals surface area contributed by atoms with Crippen LogP contribution < -0.4 is 10.5 Å². The summed E-state index contributed by atoms with van der Waals surface area (Å²) in [6, 6.07) is 3.49. The van der Waals surface area contributed by atoms with E-state index in [1.807, 2.05) is 0 Å². The van der Waals surface area contributed by atoms with Gasteiger partial charge in [-0.2, -0.15) is 0 Å². The van der Waals surface area contributed by atoms with Gasteiger partial charge in [-0.25, -0.2) is 9.61 Å². The van der Waals surface area contributed by atoms with E-state index in [9.17, 15) is 0 Å². The number of nitrogen functional groups attached to an aromatic ring is 1. The Balaban J connectivity index is 2.06. The first kappa shape index (κ1) is 9.45. The summed E-state index contributed by atoms with van der Waals surface area (Å²) in [5.74, 6) is 0.881. The Bertz CT molecular complexity index is 455. The molecule has 0 aromatic carbocycles. The Labute approximate surface area is 86.0 Å². The fourth-order valence-electron chi connectivity index (χ4n) is 1.05. The van der Waals surface area contributed by atoms with Gasteiger partial charge in [0.2, 0.25) is 0 Å². The molecule has 2 rings (SSSR count). The molecule has 0 fully saturated rings. The highest BCUT2D eigenvalue weighted by atomic mass is 16.6. The Morgan fingerprint density at radius 2 is 2.33 bits per heavy atom. The molecule has 6 nitrogen and oxygen atoms in total. The summed E-state index contributed by atoms with van der Waals surface area (Å²) >= 11 is 0. The first-order chi connectivity index (χ1) is 7.27. The maximum atomic E-state index is 5.60. The van der Waals surface area contributed by atoms with E-state index in [1.54, 1.807) is 25.3 Å². The van der Waals surface area contributed by atoms with Crippen molar-refractivity contribution >= 4 is 5.82 Å². The quantitative estimate of drug-likeness (QED) is 0.803. The molecule has 15 heavy (non-hydrogen) atoms. The van der Waals surface area contributed by atoms with E-state index in [2.05, 4.69) is 19.9 Å². The molecule has 2 heterocycles. The summed E-state index contributed by atoms with van der Waals surface area (Å²) in [5, 5.41) is 7.33. The Hall–Kier alpha value is -2.11. The molecule has 0 aliphatic heterocycles. The monoisotopic (exact) mass is 206 g/mol. The van der Waals surface area contributed by atoms with E-state index >= 15 is 0 Å². The summed E-state index contributed by atoms with van der Waals surface area (Å²) in [6.45, 7) is 2.06. The number of anilines is 1. The van der Waals surface area contributed by atoms with Gasteiger partial charge in [-0.3, -0.25) is 0 Å². The van der Waals surface area contributed by atoms with Crippen LogP contribution in [0.2, 0.25) is 0 Å². The third kappa shape index (κ3) is 2.04. The van der Waals surface area contributed by atoms with Crippen LogP contribution in [0.4, 0.5) is 5.82 Å². The lowest BCUT2D eigenvalue weighted by molar-refractivity contribution is 0.270. The Morgan fingerprint density at radius 1 is 1.47 bits per heavy atom. The van der Waals surface area contributed by atoms with E-state index in [0.29, 0.717) is 23.0 Å². The number of aromatic nitrogens is 3. The maximum absolute atomic E-state index is 5.60. The van der Waals surface area contributed by atoms with Gasteiger partial charge in [-0.05, 0) is 19.1 Å². The Morgan fingerprint density at radius 3 is 3.00 bits per heavy atom. The summed E-state index contributed by atoms with van der Waals surface area (Å²) in [5.41, 5.74) is 6.96. The molecular weight excluding hydrogens is 196 g/mol. The molecule has 78 valence electrons. The van der Waals surface area contributed by atoms with Crippen molar-refractivity contribution in [1.29, 1.82) is 0 Å². The average Bonchev–Trinajstić information content (AvgIpc) is 2.63. The second-order valence-electron chi connectivity index (χ2n) is 2.97. The van der Waals surface area contributed by atoms with Crippen LogP contribution in [-0.2, 0) is 6.61 Å². The zero-order chi connectivity index (χ0) is 10.7. The number of nitrogens with zero attached hydrogens (tertiary/aromatic N) is 3. The largest absolute Gasteiger partial charge is 0.483 e. The van der Waals surface area contributed by atoms with Crippen LogP contribution in [-0.4, -0.2) is 15.3 Å². The topological polar surface area (TPSA) is 87.1 Å². The number of rotatable bonds is 3. The van der Waals surface area contributed by atoms with Crippen molar-refractivity contribution in [3.05, 3.63) is 29.7 Å². The first-order valence-electron chi connectivity index (χ1n) is 4.38. The Kier molecular flexibility index (Phi) is 2.49. The lowest BCUT2D eigenvalue weighted by Gasteiger charge is -2.05. The summed E-state index contributed by atoms with van der Waals surface area (Å²) in [4.78, 5) is 3.89. The van der Waals surface area contributed by atoms with Crippen molar-refractivity contribution in [3.8, 4) is 5.75 Å². The molecule has 0 aliphatic carbocycles. The third-order valence-electron chi connectivity index (χ3n) is 1.91. The minimum absolute atomic E-state index is 0.269. The van der Waals surface area contributed by atoms with E-state index in [4.69, 9.17) is 10.5 Å². The predicted octanol–water partition coefficient (Wildman–Crippen LogP) is 0.934. The molecule has 0 bridgehead atoms. The van der Waals surface area contributed by atoms with Crippen molar-refractivity contribution in [1.82, 2.24) is 15.3 Å². The highest BCUT2D eigenvalue weighted by Crippen LogP contribution is 2.18. The van der Waals surface area contributed by atoms with Crippen LogP contribution in [0.25, 0.3) is 0 Å². The van der Waals surface area contributed by atoms with Crippen LogP contribution in [0.1, 0.15) is 11.4 Å². The summed E-state index contributed by atoms with van der Waals surface area (Å²) in [6.07, 6.45) is 1.60. The van der Waals surface area contributed by atoms with E-state index < -0.39 is 0 Å². The highest BCUT2D eigenvalue weighted by Gasteiger charge is 2.07. The molecule has 0 saturated heterocycles. The number of pyridine rings is 1. The summed E-state index contributed by atoms with van der Waals surface area (Å²) < 4.78 is 9.95. The van der Waals surface area contributed by atoms with Crippen LogP contribution in [0.5, 0.6) is 5.75 Å². The second-order valence-corrected chi connectivity index (χ2v) is 2.97. The standard InChI is InChI=1S/C9H10N4O2/c1-6-7(13-15-12-6)5-14-8-3-2-4-11-9(8)10/h2-4H,5H2,1H3,(H2,10,11). The number of hydrogen-bond donors (Lipinski definition) is 1. The minimum Gasteiger partial charge on any atom is -0.483 e. The molecule has 0 amide bonds. The van der Waals surface area contributed by atoms with Crippen molar-refractivity contribution in [3.63, 3.8) is 0 Å². The van der Waals surface area contributed by atoms with Crippen molar-refractivity contribution in [2.75, 3.05) is 5.73 Å². The van der Waals surface area contributed by atoms with Crippen molar-refractivity contribution in [2.24, 2.45) is 0 Å². The lowest BCUT2D eigenvalue weighted by Crippen LogP contribution is -2.01. The van der Waals surface area contributed by atoms with E-state index in [-0.39, 0.29) is 6.61 Å². The highest BCUT2D eigenvalue weighted by molar-refractivity contribution is 5.44. The van der Waals surface area contributed by atoms with Gasteiger partial charge in [0, 0.05) is 6.20 Å². The van der Waals surface area contributed by atoms with Crippen LogP contribution in [0.3, 0.4) is 0 Å². The molecule has 0 atom stereocenters. The second kappa shape index (κ2) is 3.95. The minimum atomic E-state index is 0.269. The molecule has 2 aromatic rings. The van der Waals surface area contributed by atoms with Crippen LogP contribution in [0.15, 0.2) is 23.0 Å². The van der Waals surface area contributed by atoms with Gasteiger partial charge < -0.3 is 10.5 Å². The number of aryl methyl sites for hydroxylation is 1. The van der Waals surface area contributed by atoms with Gasteiger partial charge in [-0.15, -0.1) is 0 Å². The fourth-order valence-corrected chi connectivity index (χ4v) is 1.05. The van der Waals surface area contributed by atoms with Gasteiger partial charge in [-0.1, -0.05) is 10.3 Å². The van der Waals surface area contributed by atoms with Gasteiger partial charge in [0.15, 0.2) is 11.6 Å². The lowest BCUT2D eigenvalue weighted by atomic mass is 10.3. The number of nitrogens with two attached hydrogens (primary N) is 1. The average molecular weight is 206 g/mol. The molecule has 0 unspecified atom stereocenters. The number of hydrogen-bond acceptors (Lipinski definition) is 6. The molecule has 0 radical (unpaired) electrons. The normalized spacial score (nSPS) is 10.2. The van der Waals surface area contributed by atoms with Gasteiger partial charge in [0.05, 0.1) is 0 Å². The van der Waals surface area contributed by atoms with Crippen molar-refractivity contribution in [2.45, 2.75) is 13.5 Å². The van der Waals surface area contributed by atoms with Gasteiger partial charge in [0.1, 0.15) is 18.0 Å². The SMILES string of the molecule is Cc1nonc1COc1cccnc1N. The smallest absolute Gasteiger partial charge is 0.166 e. The van der Waals surface area contributed by atoms with E-state index in [0.717, 1.165) is 0 Å². The molecule has 0 saturated carbocycles. The van der Waals surface area contributed by atoms with Gasteiger partial charge >= 0.3 is 0 Å². The van der Waals surface area contributed by atoms with Crippen LogP contribution >= 0.6 is 0 Å². The van der Waals surface area contributed by atoms with Gasteiger partial charge in [0.25, 0.3) is 0 Å².